The maximum absolute atomic E-state index is 11.9. The molecule has 0 radical (unpaired) electrons. The van der Waals surface area contributed by atoms with Gasteiger partial charge >= 0.3 is 0 Å². The van der Waals surface area contributed by atoms with Crippen LogP contribution < -0.4 is 11.1 Å². The average Bonchev–Trinajstić information content (AvgIpc) is 2.90. The second kappa shape index (κ2) is 6.90. The molecule has 1 aliphatic rings. The van der Waals surface area contributed by atoms with Crippen molar-refractivity contribution in [2.24, 2.45) is 11.7 Å². The number of rotatable bonds is 5. The third-order valence-corrected chi connectivity index (χ3v) is 4.54. The molecule has 3 N–H and O–H groups in total. The van der Waals surface area contributed by atoms with Crippen LogP contribution >= 0.6 is 11.3 Å². The Bertz CT molecular complexity index is 358. The molecule has 0 aromatic carbocycles. The quantitative estimate of drug-likeness (QED) is 0.861. The number of hydrogen-bond donors (Lipinski definition) is 2. The average molecular weight is 266 g/mol. The molecule has 1 saturated carbocycles. The monoisotopic (exact) mass is 266 g/mol. The van der Waals surface area contributed by atoms with Gasteiger partial charge in [-0.1, -0.05) is 38.2 Å². The number of carbonyl (C=O) groups is 1. The number of thiophene rings is 1. The number of nitrogens with two attached hydrogens (primary N) is 1. The van der Waals surface area contributed by atoms with E-state index in [4.69, 9.17) is 5.73 Å². The molecule has 1 fully saturated rings. The molecular weight excluding hydrogens is 244 g/mol. The van der Waals surface area contributed by atoms with E-state index in [1.54, 1.807) is 11.3 Å². The Hall–Kier alpha value is -0.870. The van der Waals surface area contributed by atoms with Gasteiger partial charge in [-0.15, -0.1) is 11.3 Å². The normalized spacial score (nSPS) is 18.5. The standard InChI is InChI=1S/C14H22N2OS/c15-13(9-11-5-2-1-3-6-11)14(17)16-10-12-7-4-8-18-12/h4,7-8,11,13H,1-3,5-6,9-10,15H2,(H,16,17). The van der Waals surface area contributed by atoms with E-state index in [1.807, 2.05) is 17.5 Å². The van der Waals surface area contributed by atoms with Crippen LogP contribution in [0.3, 0.4) is 0 Å². The minimum atomic E-state index is -0.340. The highest BCUT2D eigenvalue weighted by Crippen LogP contribution is 2.26. The lowest BCUT2D eigenvalue weighted by Gasteiger charge is -2.24. The highest BCUT2D eigenvalue weighted by Gasteiger charge is 2.20. The Balaban J connectivity index is 1.70. The van der Waals surface area contributed by atoms with Gasteiger partial charge in [0, 0.05) is 4.88 Å². The predicted molar refractivity (Wildman–Crippen MR) is 75.3 cm³/mol. The predicted octanol–water partition coefficient (Wildman–Crippen LogP) is 2.66. The van der Waals surface area contributed by atoms with Crippen molar-refractivity contribution in [1.82, 2.24) is 5.32 Å². The van der Waals surface area contributed by atoms with Crippen LogP contribution in [0.5, 0.6) is 0 Å². The summed E-state index contributed by atoms with van der Waals surface area (Å²) in [6.45, 7) is 0.606. The van der Waals surface area contributed by atoms with Gasteiger partial charge < -0.3 is 11.1 Å². The molecule has 0 bridgehead atoms. The zero-order valence-electron chi connectivity index (χ0n) is 10.7. The molecule has 1 aliphatic carbocycles. The molecule has 1 heterocycles. The fraction of sp³-hybridized carbons (Fsp3) is 0.643. The highest BCUT2D eigenvalue weighted by atomic mass is 32.1. The Morgan fingerprint density at radius 3 is 2.89 bits per heavy atom. The lowest BCUT2D eigenvalue weighted by molar-refractivity contribution is -0.122. The highest BCUT2D eigenvalue weighted by molar-refractivity contribution is 7.09. The van der Waals surface area contributed by atoms with Crippen LogP contribution in [-0.4, -0.2) is 11.9 Å². The Kier molecular flexibility index (Phi) is 5.20. The van der Waals surface area contributed by atoms with Crippen molar-refractivity contribution in [3.63, 3.8) is 0 Å². The fourth-order valence-electron chi connectivity index (χ4n) is 2.61. The van der Waals surface area contributed by atoms with Gasteiger partial charge in [-0.05, 0) is 23.8 Å². The molecule has 100 valence electrons. The summed E-state index contributed by atoms with van der Waals surface area (Å²) in [7, 11) is 0. The van der Waals surface area contributed by atoms with E-state index in [0.29, 0.717) is 12.5 Å². The van der Waals surface area contributed by atoms with E-state index in [9.17, 15) is 4.79 Å². The number of amides is 1. The smallest absolute Gasteiger partial charge is 0.237 e. The number of hydrogen-bond acceptors (Lipinski definition) is 3. The lowest BCUT2D eigenvalue weighted by Crippen LogP contribution is -2.41. The summed E-state index contributed by atoms with van der Waals surface area (Å²) in [5, 5.41) is 4.94. The SMILES string of the molecule is NC(CC1CCCCC1)C(=O)NCc1cccs1. The van der Waals surface area contributed by atoms with Crippen molar-refractivity contribution >= 4 is 17.2 Å². The molecule has 3 nitrogen and oxygen atoms in total. The molecule has 0 saturated heterocycles. The van der Waals surface area contributed by atoms with Gasteiger partial charge in [-0.25, -0.2) is 0 Å². The van der Waals surface area contributed by atoms with Gasteiger partial charge in [0.15, 0.2) is 0 Å². The van der Waals surface area contributed by atoms with E-state index in [1.165, 1.54) is 37.0 Å². The summed E-state index contributed by atoms with van der Waals surface area (Å²) in [6.07, 6.45) is 7.27. The summed E-state index contributed by atoms with van der Waals surface area (Å²) in [4.78, 5) is 13.1. The molecule has 18 heavy (non-hydrogen) atoms. The van der Waals surface area contributed by atoms with Crippen LogP contribution in [0.2, 0.25) is 0 Å². The number of nitrogens with one attached hydrogen (secondary N) is 1. The molecular formula is C14H22N2OS. The van der Waals surface area contributed by atoms with Crippen molar-refractivity contribution in [3.8, 4) is 0 Å². The van der Waals surface area contributed by atoms with Crippen molar-refractivity contribution < 1.29 is 4.79 Å². The maximum Gasteiger partial charge on any atom is 0.237 e. The molecule has 4 heteroatoms. The minimum Gasteiger partial charge on any atom is -0.350 e. The van der Waals surface area contributed by atoms with Crippen molar-refractivity contribution in [2.75, 3.05) is 0 Å². The zero-order chi connectivity index (χ0) is 12.8. The summed E-state index contributed by atoms with van der Waals surface area (Å²) >= 11 is 1.66. The minimum absolute atomic E-state index is 0.00558. The van der Waals surface area contributed by atoms with Gasteiger partial charge in [-0.3, -0.25) is 4.79 Å². The summed E-state index contributed by atoms with van der Waals surface area (Å²) < 4.78 is 0. The Morgan fingerprint density at radius 2 is 2.22 bits per heavy atom. The largest absolute Gasteiger partial charge is 0.350 e. The van der Waals surface area contributed by atoms with Crippen LogP contribution in [0.1, 0.15) is 43.4 Å². The van der Waals surface area contributed by atoms with E-state index in [-0.39, 0.29) is 11.9 Å². The Morgan fingerprint density at radius 1 is 1.44 bits per heavy atom. The summed E-state index contributed by atoms with van der Waals surface area (Å²) in [6, 6.07) is 3.68. The zero-order valence-corrected chi connectivity index (χ0v) is 11.5. The van der Waals surface area contributed by atoms with Crippen LogP contribution in [0.4, 0.5) is 0 Å². The fourth-order valence-corrected chi connectivity index (χ4v) is 3.25. The van der Waals surface area contributed by atoms with Gasteiger partial charge in [0.25, 0.3) is 0 Å². The molecule has 0 spiro atoms. The lowest BCUT2D eigenvalue weighted by atomic mass is 9.85. The van der Waals surface area contributed by atoms with Gasteiger partial charge in [0.2, 0.25) is 5.91 Å². The van der Waals surface area contributed by atoms with Crippen LogP contribution in [0.25, 0.3) is 0 Å². The second-order valence-electron chi connectivity index (χ2n) is 5.14. The maximum atomic E-state index is 11.9. The van der Waals surface area contributed by atoms with Gasteiger partial charge in [0.05, 0.1) is 12.6 Å². The topological polar surface area (TPSA) is 55.1 Å². The van der Waals surface area contributed by atoms with Crippen molar-refractivity contribution in [1.29, 1.82) is 0 Å². The van der Waals surface area contributed by atoms with Gasteiger partial charge in [-0.2, -0.15) is 0 Å². The molecule has 1 aromatic rings. The molecule has 1 unspecified atom stereocenters. The molecule has 0 aliphatic heterocycles. The first-order valence-corrected chi connectivity index (χ1v) is 7.69. The van der Waals surface area contributed by atoms with Crippen LogP contribution in [0.15, 0.2) is 17.5 Å². The van der Waals surface area contributed by atoms with Crippen LogP contribution in [-0.2, 0) is 11.3 Å². The molecule has 1 aromatic heterocycles. The first-order valence-electron chi connectivity index (χ1n) is 6.81. The van der Waals surface area contributed by atoms with E-state index in [2.05, 4.69) is 5.32 Å². The second-order valence-corrected chi connectivity index (χ2v) is 6.18. The van der Waals surface area contributed by atoms with E-state index in [0.717, 1.165) is 6.42 Å². The summed E-state index contributed by atoms with van der Waals surface area (Å²) in [5.41, 5.74) is 5.98. The third-order valence-electron chi connectivity index (χ3n) is 3.67. The molecule has 1 amide bonds. The van der Waals surface area contributed by atoms with Gasteiger partial charge in [0.1, 0.15) is 0 Å². The Labute approximate surface area is 113 Å². The first-order chi connectivity index (χ1) is 8.75. The third kappa shape index (κ3) is 4.10. The molecule has 1 atom stereocenters. The number of carbonyl (C=O) groups excluding carboxylic acids is 1. The van der Waals surface area contributed by atoms with E-state index < -0.39 is 0 Å². The van der Waals surface area contributed by atoms with Crippen molar-refractivity contribution in [3.05, 3.63) is 22.4 Å². The van der Waals surface area contributed by atoms with Crippen LogP contribution in [0, 0.1) is 5.92 Å². The van der Waals surface area contributed by atoms with Crippen molar-refractivity contribution in [2.45, 2.75) is 51.1 Å². The molecule has 2 rings (SSSR count). The summed E-state index contributed by atoms with van der Waals surface area (Å²) in [5.74, 6) is 0.648. The first kappa shape index (κ1) is 13.6. The van der Waals surface area contributed by atoms with E-state index >= 15 is 0 Å².